The number of nitrogens with one attached hydrogen (secondary N) is 1. The van der Waals surface area contributed by atoms with Gasteiger partial charge in [-0.25, -0.2) is 0 Å². The highest BCUT2D eigenvalue weighted by molar-refractivity contribution is 6.99. The quantitative estimate of drug-likeness (QED) is 0.534. The third-order valence-electron chi connectivity index (χ3n) is 5.69. The molecule has 0 aromatic heterocycles. The summed E-state index contributed by atoms with van der Waals surface area (Å²) in [6.45, 7) is 14.4. The topological polar surface area (TPSA) is 42.9 Å². The lowest BCUT2D eigenvalue weighted by molar-refractivity contribution is 0.0232. The lowest BCUT2D eigenvalue weighted by Gasteiger charge is -2.44. The second kappa shape index (κ2) is 9.68. The van der Waals surface area contributed by atoms with Gasteiger partial charge >= 0.3 is 0 Å². The molecule has 5 heteroatoms. The van der Waals surface area contributed by atoms with Crippen molar-refractivity contribution in [2.24, 2.45) is 5.10 Å². The normalized spacial score (nSPS) is 19.4. The van der Waals surface area contributed by atoms with Gasteiger partial charge in [0.1, 0.15) is 0 Å². The van der Waals surface area contributed by atoms with Crippen LogP contribution < -0.4 is 15.8 Å². The summed E-state index contributed by atoms with van der Waals surface area (Å²) < 4.78 is 13.2. The molecule has 0 radical (unpaired) electrons. The molecule has 1 N–H and O–H groups in total. The third kappa shape index (κ3) is 5.85. The largest absolute Gasteiger partial charge is 0.405 e. The average molecular weight is 439 g/mol. The van der Waals surface area contributed by atoms with Gasteiger partial charge in [-0.3, -0.25) is 0 Å². The van der Waals surface area contributed by atoms with Crippen molar-refractivity contribution in [1.29, 1.82) is 0 Å². The van der Waals surface area contributed by atoms with Gasteiger partial charge in [0.15, 0.2) is 0 Å². The van der Waals surface area contributed by atoms with Gasteiger partial charge < -0.3 is 14.6 Å². The summed E-state index contributed by atoms with van der Waals surface area (Å²) in [6, 6.07) is 21.6. The predicted molar refractivity (Wildman–Crippen MR) is 133 cm³/mol. The van der Waals surface area contributed by atoms with Gasteiger partial charge in [0.2, 0.25) is 0 Å². The van der Waals surface area contributed by atoms with E-state index in [0.717, 1.165) is 18.6 Å². The Bertz CT molecular complexity index is 805. The first-order valence-electron chi connectivity index (χ1n) is 11.3. The summed E-state index contributed by atoms with van der Waals surface area (Å²) >= 11 is 0. The number of nitrogens with zero attached hydrogens (tertiary/aromatic N) is 1. The van der Waals surface area contributed by atoms with E-state index >= 15 is 0 Å². The molecule has 1 saturated heterocycles. The van der Waals surface area contributed by atoms with E-state index in [-0.39, 0.29) is 16.7 Å². The van der Waals surface area contributed by atoms with Crippen molar-refractivity contribution in [3.8, 4) is 0 Å². The Labute approximate surface area is 189 Å². The molecular weight excluding hydrogens is 400 g/mol. The first-order chi connectivity index (χ1) is 14.6. The molecule has 1 aliphatic rings. The van der Waals surface area contributed by atoms with E-state index in [1.165, 1.54) is 10.4 Å². The Morgan fingerprint density at radius 3 is 1.90 bits per heavy atom. The van der Waals surface area contributed by atoms with Crippen molar-refractivity contribution >= 4 is 24.4 Å². The number of ether oxygens (including phenoxy) is 1. The smallest absolute Gasteiger partial charge is 0.261 e. The van der Waals surface area contributed by atoms with Gasteiger partial charge in [0, 0.05) is 5.54 Å². The molecule has 31 heavy (non-hydrogen) atoms. The first kappa shape index (κ1) is 23.7. The summed E-state index contributed by atoms with van der Waals surface area (Å²) in [7, 11) is -2.51. The van der Waals surface area contributed by atoms with Gasteiger partial charge in [-0.1, -0.05) is 81.4 Å². The van der Waals surface area contributed by atoms with Crippen LogP contribution in [0.15, 0.2) is 65.8 Å². The molecule has 4 nitrogen and oxygen atoms in total. The van der Waals surface area contributed by atoms with Crippen LogP contribution in [0.25, 0.3) is 0 Å². The van der Waals surface area contributed by atoms with Crippen LogP contribution in [0.4, 0.5) is 0 Å². The minimum Gasteiger partial charge on any atom is -0.405 e. The molecule has 1 atom stereocenters. The molecule has 2 aromatic rings. The van der Waals surface area contributed by atoms with Crippen LogP contribution in [-0.2, 0) is 9.16 Å². The lowest BCUT2D eigenvalue weighted by Crippen LogP contribution is -2.67. The molecular formula is C26H38N2O2Si. The molecule has 0 aliphatic carbocycles. The van der Waals surface area contributed by atoms with Crippen molar-refractivity contribution in [1.82, 2.24) is 5.43 Å². The molecule has 168 valence electrons. The zero-order valence-electron chi connectivity index (χ0n) is 19.9. The van der Waals surface area contributed by atoms with Gasteiger partial charge in [0.25, 0.3) is 8.32 Å². The van der Waals surface area contributed by atoms with Crippen LogP contribution in [0.1, 0.15) is 54.4 Å². The van der Waals surface area contributed by atoms with Crippen LogP contribution in [0, 0.1) is 0 Å². The van der Waals surface area contributed by atoms with E-state index in [1.54, 1.807) is 0 Å². The molecule has 1 aliphatic heterocycles. The fraction of sp³-hybridized carbons (Fsp3) is 0.500. The molecule has 0 saturated carbocycles. The van der Waals surface area contributed by atoms with Crippen molar-refractivity contribution in [3.05, 3.63) is 60.7 Å². The van der Waals surface area contributed by atoms with E-state index in [1.807, 2.05) is 0 Å². The highest BCUT2D eigenvalue weighted by atomic mass is 28.4. The van der Waals surface area contributed by atoms with Crippen LogP contribution in [-0.4, -0.2) is 38.9 Å². The predicted octanol–water partition coefficient (Wildman–Crippen LogP) is 4.49. The molecule has 2 aromatic carbocycles. The number of hydrogen-bond acceptors (Lipinski definition) is 4. The van der Waals surface area contributed by atoms with Crippen molar-refractivity contribution < 1.29 is 9.16 Å². The zero-order chi connectivity index (χ0) is 22.5. The second-order valence-corrected chi connectivity index (χ2v) is 14.8. The number of hydrogen-bond donors (Lipinski definition) is 1. The van der Waals surface area contributed by atoms with E-state index in [4.69, 9.17) is 9.16 Å². The van der Waals surface area contributed by atoms with E-state index in [2.05, 4.69) is 113 Å². The molecule has 3 rings (SSSR count). The van der Waals surface area contributed by atoms with Crippen LogP contribution in [0.3, 0.4) is 0 Å². The molecule has 0 amide bonds. The third-order valence-corrected chi connectivity index (χ3v) is 10.7. The Morgan fingerprint density at radius 1 is 0.935 bits per heavy atom. The highest BCUT2D eigenvalue weighted by Crippen LogP contribution is 2.37. The standard InChI is InChI=1S/C26H38N2O2Si/c1-25(2,3)28-27-21-17-18-22(29-19-21)20-30-31(26(4,5)6,23-13-9-7-10-14-23)24-15-11-8-12-16-24/h7-16,22,28H,17-20H2,1-6H3. The highest BCUT2D eigenvalue weighted by Gasteiger charge is 2.50. The van der Waals surface area contributed by atoms with Crippen molar-refractivity contribution in [2.75, 3.05) is 13.2 Å². The summed E-state index contributed by atoms with van der Waals surface area (Å²) in [5, 5.41) is 7.13. The SMILES string of the molecule is CC(C)(C)NN=C1CCC(CO[Si](c2ccccc2)(c2ccccc2)C(C)(C)C)OC1. The van der Waals surface area contributed by atoms with Gasteiger partial charge in [-0.2, -0.15) is 5.10 Å². The lowest BCUT2D eigenvalue weighted by atomic mass is 10.1. The Kier molecular flexibility index (Phi) is 7.40. The minimum atomic E-state index is -2.51. The fourth-order valence-corrected chi connectivity index (χ4v) is 8.73. The minimum absolute atomic E-state index is 0.0202. The average Bonchev–Trinajstić information content (AvgIpc) is 2.73. The Hall–Kier alpha value is -1.95. The monoisotopic (exact) mass is 438 g/mol. The first-order valence-corrected chi connectivity index (χ1v) is 13.2. The molecule has 0 spiro atoms. The second-order valence-electron chi connectivity index (χ2n) is 10.5. The van der Waals surface area contributed by atoms with Gasteiger partial charge in [0.05, 0.1) is 25.0 Å². The maximum absolute atomic E-state index is 7.01. The summed E-state index contributed by atoms with van der Waals surface area (Å²) in [4.78, 5) is 0. The number of hydrazone groups is 1. The summed E-state index contributed by atoms with van der Waals surface area (Å²) in [5.41, 5.74) is 4.26. The van der Waals surface area contributed by atoms with Crippen molar-refractivity contribution in [3.63, 3.8) is 0 Å². The number of benzene rings is 2. The Morgan fingerprint density at radius 2 is 1.48 bits per heavy atom. The maximum atomic E-state index is 7.01. The van der Waals surface area contributed by atoms with Crippen LogP contribution in [0.2, 0.25) is 5.04 Å². The molecule has 1 heterocycles. The van der Waals surface area contributed by atoms with Gasteiger partial charge in [-0.15, -0.1) is 0 Å². The van der Waals surface area contributed by atoms with Crippen LogP contribution in [0.5, 0.6) is 0 Å². The zero-order valence-corrected chi connectivity index (χ0v) is 20.9. The summed E-state index contributed by atoms with van der Waals surface area (Å²) in [6.07, 6.45) is 1.97. The maximum Gasteiger partial charge on any atom is 0.261 e. The molecule has 0 bridgehead atoms. The van der Waals surface area contributed by atoms with E-state index < -0.39 is 8.32 Å². The Balaban J connectivity index is 1.80. The van der Waals surface area contributed by atoms with E-state index in [0.29, 0.717) is 13.2 Å². The number of rotatable bonds is 6. The molecule has 1 fully saturated rings. The molecule has 1 unspecified atom stereocenters. The van der Waals surface area contributed by atoms with E-state index in [9.17, 15) is 0 Å². The van der Waals surface area contributed by atoms with Crippen molar-refractivity contribution in [2.45, 2.75) is 71.1 Å². The van der Waals surface area contributed by atoms with Crippen LogP contribution >= 0.6 is 0 Å². The van der Waals surface area contributed by atoms with Gasteiger partial charge in [-0.05, 0) is 49.0 Å². The fourth-order valence-electron chi connectivity index (χ4n) is 4.14. The summed E-state index contributed by atoms with van der Waals surface area (Å²) in [5.74, 6) is 0.